The maximum absolute atomic E-state index is 8.78. The molecule has 0 aliphatic heterocycles. The molecule has 0 amide bonds. The number of hydrogen-bond donors (Lipinski definition) is 2. The SMILES string of the molecule is CN(C)c1ccccc1N=Nc1ccccc1.O=[As](O)O. The first kappa shape index (κ1) is 17.2. The topological polar surface area (TPSA) is 85.5 Å². The molecule has 2 aromatic rings. The fourth-order valence-electron chi connectivity index (χ4n) is 1.53. The number of azo groups is 1. The number of para-hydroxylation sites is 1. The van der Waals surface area contributed by atoms with E-state index in [1.54, 1.807) is 0 Å². The zero-order chi connectivity index (χ0) is 15.7. The van der Waals surface area contributed by atoms with Crippen molar-refractivity contribution in [3.8, 4) is 0 Å². The van der Waals surface area contributed by atoms with Gasteiger partial charge in [-0.3, -0.25) is 0 Å². The van der Waals surface area contributed by atoms with Gasteiger partial charge < -0.3 is 4.90 Å². The summed E-state index contributed by atoms with van der Waals surface area (Å²) in [5.41, 5.74) is 2.80. The second-order valence-electron chi connectivity index (χ2n) is 4.17. The molecular weight excluding hydrogens is 333 g/mol. The van der Waals surface area contributed by atoms with Crippen LogP contribution in [0.1, 0.15) is 0 Å². The van der Waals surface area contributed by atoms with Crippen molar-refractivity contribution >= 4 is 32.3 Å². The summed E-state index contributed by atoms with van der Waals surface area (Å²) in [6, 6.07) is 17.7. The van der Waals surface area contributed by atoms with E-state index in [0.29, 0.717) is 0 Å². The summed E-state index contributed by atoms with van der Waals surface area (Å²) in [5, 5.41) is 8.50. The van der Waals surface area contributed by atoms with Gasteiger partial charge in [0.25, 0.3) is 0 Å². The zero-order valence-electron chi connectivity index (χ0n) is 11.8. The van der Waals surface area contributed by atoms with Crippen molar-refractivity contribution < 1.29 is 11.9 Å². The standard InChI is InChI=1S/C14H15N3.AsH2O3/c1-17(2)14-11-7-6-10-13(14)16-15-12-8-4-3-5-9-12;2-1(3)4/h3-11H,1-2H3;(H2,2,3,4). The summed E-state index contributed by atoms with van der Waals surface area (Å²) in [4.78, 5) is 2.03. The van der Waals surface area contributed by atoms with Crippen LogP contribution in [0.5, 0.6) is 0 Å². The van der Waals surface area contributed by atoms with Gasteiger partial charge in [0.15, 0.2) is 0 Å². The van der Waals surface area contributed by atoms with Gasteiger partial charge in [0.05, 0.1) is 11.4 Å². The molecule has 2 N–H and O–H groups in total. The summed E-state index contributed by atoms with van der Waals surface area (Å²) >= 11 is -3.44. The summed E-state index contributed by atoms with van der Waals surface area (Å²) in [5.74, 6) is 0. The third kappa shape index (κ3) is 6.90. The first-order valence-corrected chi connectivity index (χ1v) is 8.53. The fourth-order valence-corrected chi connectivity index (χ4v) is 1.53. The second kappa shape index (κ2) is 9.13. The van der Waals surface area contributed by atoms with Crippen molar-refractivity contribution in [1.82, 2.24) is 0 Å². The third-order valence-corrected chi connectivity index (χ3v) is 2.39. The van der Waals surface area contributed by atoms with Gasteiger partial charge in [-0.25, -0.2) is 0 Å². The molecule has 0 saturated carbocycles. The van der Waals surface area contributed by atoms with Gasteiger partial charge >= 0.3 is 27.2 Å². The van der Waals surface area contributed by atoms with Gasteiger partial charge in [0, 0.05) is 14.1 Å². The number of anilines is 1. The Labute approximate surface area is 128 Å². The van der Waals surface area contributed by atoms with E-state index in [0.717, 1.165) is 17.1 Å². The molecule has 6 nitrogen and oxygen atoms in total. The van der Waals surface area contributed by atoms with Crippen molar-refractivity contribution in [2.45, 2.75) is 0 Å². The summed E-state index contributed by atoms with van der Waals surface area (Å²) in [7, 11) is 3.99. The summed E-state index contributed by atoms with van der Waals surface area (Å²) in [6.07, 6.45) is 0. The van der Waals surface area contributed by atoms with Gasteiger partial charge in [0.1, 0.15) is 5.69 Å². The Morgan fingerprint density at radius 2 is 1.43 bits per heavy atom. The van der Waals surface area contributed by atoms with E-state index < -0.39 is 15.3 Å². The minimum atomic E-state index is -3.44. The summed E-state index contributed by atoms with van der Waals surface area (Å²) < 4.78 is 23.2. The molecule has 0 aliphatic carbocycles. The number of benzene rings is 2. The molecule has 111 valence electrons. The first-order valence-electron chi connectivity index (χ1n) is 6.09. The van der Waals surface area contributed by atoms with Gasteiger partial charge in [-0.05, 0) is 24.3 Å². The molecule has 0 atom stereocenters. The van der Waals surface area contributed by atoms with Crippen LogP contribution in [0.15, 0.2) is 64.8 Å². The van der Waals surface area contributed by atoms with Crippen LogP contribution < -0.4 is 4.90 Å². The molecule has 7 heteroatoms. The molecule has 0 aliphatic rings. The predicted octanol–water partition coefficient (Wildman–Crippen LogP) is 2.55. The molecule has 0 fully saturated rings. The maximum atomic E-state index is 8.78. The quantitative estimate of drug-likeness (QED) is 0.658. The van der Waals surface area contributed by atoms with Gasteiger partial charge in [0.2, 0.25) is 0 Å². The average Bonchev–Trinajstić information content (AvgIpc) is 2.46. The van der Waals surface area contributed by atoms with Gasteiger partial charge in [-0.1, -0.05) is 30.3 Å². The Kier molecular flexibility index (Phi) is 7.46. The molecule has 0 bridgehead atoms. The van der Waals surface area contributed by atoms with E-state index in [9.17, 15) is 0 Å². The fraction of sp³-hybridized carbons (Fsp3) is 0.143. The van der Waals surface area contributed by atoms with E-state index in [-0.39, 0.29) is 0 Å². The van der Waals surface area contributed by atoms with Crippen LogP contribution in [0.4, 0.5) is 17.1 Å². The molecule has 0 unspecified atom stereocenters. The number of nitrogens with zero attached hydrogens (tertiary/aromatic N) is 3. The first-order chi connectivity index (χ1) is 10.0. The van der Waals surface area contributed by atoms with Crippen LogP contribution in [0.25, 0.3) is 0 Å². The molecule has 0 aromatic heterocycles. The third-order valence-electron chi connectivity index (χ3n) is 2.39. The minimum absolute atomic E-state index is 0.862. The Hall–Kier alpha value is -1.88. The molecule has 2 rings (SSSR count). The van der Waals surface area contributed by atoms with Crippen LogP contribution in [0.2, 0.25) is 0 Å². The van der Waals surface area contributed by atoms with Crippen LogP contribution in [-0.4, -0.2) is 37.6 Å². The van der Waals surface area contributed by atoms with Crippen LogP contribution in [0, 0.1) is 0 Å². The van der Waals surface area contributed by atoms with Crippen LogP contribution >= 0.6 is 0 Å². The Morgan fingerprint density at radius 3 is 2.00 bits per heavy atom. The normalized spacial score (nSPS) is 9.90. The average molecular weight is 350 g/mol. The van der Waals surface area contributed by atoms with Crippen molar-refractivity contribution in [2.24, 2.45) is 10.2 Å². The summed E-state index contributed by atoms with van der Waals surface area (Å²) in [6.45, 7) is 0. The van der Waals surface area contributed by atoms with E-state index in [2.05, 4.69) is 10.2 Å². The van der Waals surface area contributed by atoms with Crippen molar-refractivity contribution in [3.63, 3.8) is 0 Å². The van der Waals surface area contributed by atoms with Crippen molar-refractivity contribution in [3.05, 3.63) is 54.6 Å². The Balaban J connectivity index is 0.000000491. The van der Waals surface area contributed by atoms with Gasteiger partial charge in [-0.2, -0.15) is 5.11 Å². The zero-order valence-corrected chi connectivity index (χ0v) is 13.7. The molecule has 21 heavy (non-hydrogen) atoms. The molecule has 2 aromatic carbocycles. The number of rotatable bonds is 3. The molecular formula is C14H17AsN3O3. The van der Waals surface area contributed by atoms with Crippen molar-refractivity contribution in [1.29, 1.82) is 0 Å². The number of hydrogen-bond acceptors (Lipinski definition) is 4. The van der Waals surface area contributed by atoms with Crippen LogP contribution in [-0.2, 0) is 3.74 Å². The molecule has 1 radical (unpaired) electrons. The molecule has 0 heterocycles. The van der Waals surface area contributed by atoms with E-state index in [1.807, 2.05) is 73.6 Å². The van der Waals surface area contributed by atoms with Crippen molar-refractivity contribution in [2.75, 3.05) is 19.0 Å². The Morgan fingerprint density at radius 1 is 0.905 bits per heavy atom. The van der Waals surface area contributed by atoms with E-state index >= 15 is 0 Å². The predicted molar refractivity (Wildman–Crippen MR) is 82.3 cm³/mol. The van der Waals surface area contributed by atoms with E-state index in [1.165, 1.54) is 0 Å². The van der Waals surface area contributed by atoms with Gasteiger partial charge in [-0.15, -0.1) is 5.11 Å². The van der Waals surface area contributed by atoms with Crippen LogP contribution in [0.3, 0.4) is 0 Å². The second-order valence-corrected chi connectivity index (χ2v) is 5.23. The molecule has 0 spiro atoms. The molecule has 0 saturated heterocycles. The van der Waals surface area contributed by atoms with E-state index in [4.69, 9.17) is 11.9 Å². The monoisotopic (exact) mass is 350 g/mol. The Bertz CT molecular complexity index is 599.